The van der Waals surface area contributed by atoms with Crippen molar-refractivity contribution < 1.29 is 9.47 Å². The lowest BCUT2D eigenvalue weighted by atomic mass is 9.87. The zero-order valence-electron chi connectivity index (χ0n) is 20.5. The molecule has 0 bridgehead atoms. The second-order valence-electron chi connectivity index (χ2n) is 9.30. The number of nitrogens with zero attached hydrogens (tertiary/aromatic N) is 1. The molecule has 0 saturated carbocycles. The van der Waals surface area contributed by atoms with E-state index in [1.54, 1.807) is 14.2 Å². The fraction of sp³-hybridized carbons (Fsp3) is 0.250. The van der Waals surface area contributed by atoms with Crippen molar-refractivity contribution in [1.82, 2.24) is 4.90 Å². The van der Waals surface area contributed by atoms with E-state index in [1.165, 1.54) is 22.3 Å². The van der Waals surface area contributed by atoms with Crippen LogP contribution in [0.4, 0.5) is 0 Å². The molecule has 0 aromatic heterocycles. The van der Waals surface area contributed by atoms with Gasteiger partial charge in [0.25, 0.3) is 0 Å². The number of hydrogen-bond donors (Lipinski definition) is 0. The van der Waals surface area contributed by atoms with Crippen molar-refractivity contribution >= 4 is 0 Å². The molecule has 1 aliphatic rings. The fourth-order valence-corrected chi connectivity index (χ4v) is 5.59. The van der Waals surface area contributed by atoms with Gasteiger partial charge in [0, 0.05) is 24.5 Å². The summed E-state index contributed by atoms with van der Waals surface area (Å²) in [6.07, 6.45) is 2.11. The third-order valence-electron chi connectivity index (χ3n) is 7.28. The summed E-state index contributed by atoms with van der Waals surface area (Å²) in [6.45, 7) is 0.848. The highest BCUT2D eigenvalue weighted by Crippen LogP contribution is 2.47. The van der Waals surface area contributed by atoms with Gasteiger partial charge >= 0.3 is 0 Å². The molecule has 1 heterocycles. The molecule has 3 nitrogen and oxygen atoms in total. The second kappa shape index (κ2) is 10.8. The summed E-state index contributed by atoms with van der Waals surface area (Å²) in [5, 5.41) is 0. The van der Waals surface area contributed by atoms with Gasteiger partial charge in [0.1, 0.15) is 0 Å². The third-order valence-corrected chi connectivity index (χ3v) is 7.28. The maximum atomic E-state index is 5.62. The van der Waals surface area contributed by atoms with Crippen molar-refractivity contribution in [2.45, 2.75) is 37.4 Å². The Hall–Kier alpha value is -3.56. The van der Waals surface area contributed by atoms with E-state index in [1.807, 2.05) is 6.07 Å². The van der Waals surface area contributed by atoms with Crippen molar-refractivity contribution in [3.8, 4) is 11.5 Å². The highest BCUT2D eigenvalue weighted by Gasteiger charge is 2.42. The number of likely N-dealkylation sites (tertiary alicyclic amines) is 1. The smallest absolute Gasteiger partial charge is 0.161 e. The quantitative estimate of drug-likeness (QED) is 0.280. The van der Waals surface area contributed by atoms with Crippen LogP contribution in [-0.4, -0.2) is 25.2 Å². The van der Waals surface area contributed by atoms with Crippen molar-refractivity contribution in [3.05, 3.63) is 131 Å². The lowest BCUT2D eigenvalue weighted by Crippen LogP contribution is -2.35. The molecule has 0 radical (unpaired) electrons. The third kappa shape index (κ3) is 5.11. The van der Waals surface area contributed by atoms with Crippen LogP contribution < -0.4 is 9.47 Å². The van der Waals surface area contributed by atoms with E-state index in [2.05, 4.69) is 108 Å². The molecule has 35 heavy (non-hydrogen) atoms. The van der Waals surface area contributed by atoms with Crippen molar-refractivity contribution in [2.75, 3.05) is 14.2 Å². The predicted octanol–water partition coefficient (Wildman–Crippen LogP) is 7.05. The van der Waals surface area contributed by atoms with E-state index < -0.39 is 0 Å². The molecule has 3 heteroatoms. The van der Waals surface area contributed by atoms with Crippen LogP contribution in [0.2, 0.25) is 0 Å². The lowest BCUT2D eigenvalue weighted by Gasteiger charge is -2.32. The van der Waals surface area contributed by atoms with Gasteiger partial charge in [-0.2, -0.15) is 0 Å². The van der Waals surface area contributed by atoms with Gasteiger partial charge in [0.2, 0.25) is 0 Å². The molecule has 4 aromatic rings. The molecule has 3 atom stereocenters. The Morgan fingerprint density at radius 3 is 1.89 bits per heavy atom. The van der Waals surface area contributed by atoms with Gasteiger partial charge < -0.3 is 9.47 Å². The Morgan fingerprint density at radius 2 is 1.26 bits per heavy atom. The number of benzene rings is 4. The number of rotatable bonds is 8. The SMILES string of the molecule is COc1ccc(CN2[C@H](Cc3ccccc3)[C@@H](c3ccccc3)C[C@H]2c2ccccc2)cc1OC. The van der Waals surface area contributed by atoms with E-state index in [0.29, 0.717) is 18.0 Å². The minimum Gasteiger partial charge on any atom is -0.493 e. The van der Waals surface area contributed by atoms with E-state index in [0.717, 1.165) is 30.9 Å². The first-order valence-corrected chi connectivity index (χ1v) is 12.4. The highest BCUT2D eigenvalue weighted by molar-refractivity contribution is 5.43. The largest absolute Gasteiger partial charge is 0.493 e. The molecule has 1 aliphatic heterocycles. The summed E-state index contributed by atoms with van der Waals surface area (Å²) in [7, 11) is 3.39. The first-order chi connectivity index (χ1) is 17.3. The topological polar surface area (TPSA) is 21.7 Å². The van der Waals surface area contributed by atoms with Crippen LogP contribution in [0.1, 0.15) is 40.6 Å². The van der Waals surface area contributed by atoms with Crippen molar-refractivity contribution in [3.63, 3.8) is 0 Å². The molecule has 4 aromatic carbocycles. The molecule has 0 N–H and O–H groups in total. The zero-order valence-corrected chi connectivity index (χ0v) is 20.5. The van der Waals surface area contributed by atoms with Gasteiger partial charge in [-0.05, 0) is 47.2 Å². The lowest BCUT2D eigenvalue weighted by molar-refractivity contribution is 0.178. The fourth-order valence-electron chi connectivity index (χ4n) is 5.59. The molecular weight excluding hydrogens is 430 g/mol. The summed E-state index contributed by atoms with van der Waals surface area (Å²) < 4.78 is 11.1. The summed E-state index contributed by atoms with van der Waals surface area (Å²) in [4.78, 5) is 2.71. The van der Waals surface area contributed by atoms with Crippen LogP contribution >= 0.6 is 0 Å². The molecule has 0 unspecified atom stereocenters. The predicted molar refractivity (Wildman–Crippen MR) is 142 cm³/mol. The van der Waals surface area contributed by atoms with E-state index in [9.17, 15) is 0 Å². The van der Waals surface area contributed by atoms with Gasteiger partial charge in [0.05, 0.1) is 14.2 Å². The van der Waals surface area contributed by atoms with Gasteiger partial charge in [-0.25, -0.2) is 0 Å². The molecule has 1 saturated heterocycles. The summed E-state index contributed by atoms with van der Waals surface area (Å²) in [6, 6.07) is 39.9. The monoisotopic (exact) mass is 463 g/mol. The number of methoxy groups -OCH3 is 2. The maximum absolute atomic E-state index is 5.62. The summed E-state index contributed by atoms with van der Waals surface area (Å²) in [5.74, 6) is 1.99. The van der Waals surface area contributed by atoms with Crippen molar-refractivity contribution in [2.24, 2.45) is 0 Å². The molecule has 1 fully saturated rings. The van der Waals surface area contributed by atoms with Crippen LogP contribution in [0.5, 0.6) is 11.5 Å². The second-order valence-corrected chi connectivity index (χ2v) is 9.30. The maximum Gasteiger partial charge on any atom is 0.161 e. The normalized spacial score (nSPS) is 20.0. The number of hydrogen-bond acceptors (Lipinski definition) is 3. The first kappa shape index (κ1) is 23.2. The minimum absolute atomic E-state index is 0.336. The summed E-state index contributed by atoms with van der Waals surface area (Å²) >= 11 is 0. The van der Waals surface area contributed by atoms with Gasteiger partial charge in [-0.3, -0.25) is 4.90 Å². The van der Waals surface area contributed by atoms with E-state index >= 15 is 0 Å². The Kier molecular flexibility index (Phi) is 7.15. The van der Waals surface area contributed by atoms with E-state index in [4.69, 9.17) is 9.47 Å². The van der Waals surface area contributed by atoms with E-state index in [-0.39, 0.29) is 0 Å². The minimum atomic E-state index is 0.336. The average Bonchev–Trinajstić information content (AvgIpc) is 3.27. The van der Waals surface area contributed by atoms with Crippen LogP contribution in [0.15, 0.2) is 109 Å². The van der Waals surface area contributed by atoms with Crippen LogP contribution in [0.25, 0.3) is 0 Å². The standard InChI is InChI=1S/C32H33NO2/c1-34-31-19-18-25(21-32(31)35-2)23-33-29(27-16-10-5-11-17-27)22-28(26-14-8-4-9-15-26)30(33)20-24-12-6-3-7-13-24/h3-19,21,28-30H,20,22-23H2,1-2H3/t28-,29+,30-/m1/s1. The molecule has 0 spiro atoms. The molecule has 0 amide bonds. The number of ether oxygens (including phenoxy) is 2. The molecule has 178 valence electrons. The van der Waals surface area contributed by atoms with Gasteiger partial charge in [-0.1, -0.05) is 97.1 Å². The summed E-state index contributed by atoms with van der Waals surface area (Å²) in [5.41, 5.74) is 5.41. The average molecular weight is 464 g/mol. The highest BCUT2D eigenvalue weighted by atomic mass is 16.5. The Bertz CT molecular complexity index is 1210. The van der Waals surface area contributed by atoms with Crippen LogP contribution in [-0.2, 0) is 13.0 Å². The zero-order chi connectivity index (χ0) is 24.0. The first-order valence-electron chi connectivity index (χ1n) is 12.4. The van der Waals surface area contributed by atoms with Gasteiger partial charge in [-0.15, -0.1) is 0 Å². The van der Waals surface area contributed by atoms with Crippen molar-refractivity contribution in [1.29, 1.82) is 0 Å². The molecule has 5 rings (SSSR count). The Balaban J connectivity index is 1.56. The molecular formula is C32H33NO2. The van der Waals surface area contributed by atoms with Crippen LogP contribution in [0.3, 0.4) is 0 Å². The molecule has 0 aliphatic carbocycles. The van der Waals surface area contributed by atoms with Crippen LogP contribution in [0, 0.1) is 0 Å². The Labute approximate surface area is 209 Å². The van der Waals surface area contributed by atoms with Gasteiger partial charge in [0.15, 0.2) is 11.5 Å². The Morgan fingerprint density at radius 1 is 0.657 bits per heavy atom.